The molecule has 6 atom stereocenters. The zero-order chi connectivity index (χ0) is 14.7. The van der Waals surface area contributed by atoms with Crippen LogP contribution in [0, 0.1) is 0 Å². The fourth-order valence-corrected chi connectivity index (χ4v) is 1.51. The Morgan fingerprint density at radius 1 is 1.11 bits per heavy atom. The smallest absolute Gasteiger partial charge is 0.335 e. The number of hydrogen-bond donors (Lipinski definition) is 6. The van der Waals surface area contributed by atoms with E-state index >= 15 is 0 Å². The second-order valence-electron chi connectivity index (χ2n) is 3.88. The minimum Gasteiger partial charge on any atom is -0.479 e. The lowest BCUT2D eigenvalue weighted by molar-refractivity contribution is -0.304. The molecule has 3 unspecified atom stereocenters. The summed E-state index contributed by atoms with van der Waals surface area (Å²) in [7, 11) is 0. The van der Waals surface area contributed by atoms with Gasteiger partial charge in [-0.05, 0) is 0 Å². The highest BCUT2D eigenvalue weighted by molar-refractivity contribution is 5.73. The molecule has 110 valence electrons. The van der Waals surface area contributed by atoms with Gasteiger partial charge in [-0.25, -0.2) is 9.59 Å². The average Bonchev–Trinajstić information content (AvgIpc) is 2.34. The van der Waals surface area contributed by atoms with Gasteiger partial charge >= 0.3 is 11.9 Å². The molecule has 19 heavy (non-hydrogen) atoms. The number of aliphatic carboxylic acids is 2. The lowest BCUT2D eigenvalue weighted by Gasteiger charge is -2.39. The third-order valence-electron chi connectivity index (χ3n) is 2.55. The first-order chi connectivity index (χ1) is 8.79. The second kappa shape index (κ2) is 6.23. The van der Waals surface area contributed by atoms with Gasteiger partial charge in [-0.1, -0.05) is 0 Å². The molecule has 6 N–H and O–H groups in total. The third kappa shape index (κ3) is 3.37. The fraction of sp³-hybridized carbons (Fsp3) is 0.778. The van der Waals surface area contributed by atoms with Crippen LogP contribution in [0.4, 0.5) is 0 Å². The third-order valence-corrected chi connectivity index (χ3v) is 2.55. The maximum Gasteiger partial charge on any atom is 0.335 e. The van der Waals surface area contributed by atoms with E-state index in [2.05, 4.69) is 9.47 Å². The van der Waals surface area contributed by atoms with E-state index in [9.17, 15) is 24.9 Å². The number of hydrogen-bond acceptors (Lipinski definition) is 8. The summed E-state index contributed by atoms with van der Waals surface area (Å²) in [6, 6.07) is 0. The lowest BCUT2D eigenvalue weighted by atomic mass is 9.99. The first kappa shape index (κ1) is 15.8. The molecule has 0 aromatic heterocycles. The number of aliphatic hydroxyl groups excluding tert-OH is 4. The summed E-state index contributed by atoms with van der Waals surface area (Å²) in [5.41, 5.74) is 0. The van der Waals surface area contributed by atoms with E-state index < -0.39 is 55.4 Å². The molecule has 0 radical (unpaired) electrons. The van der Waals surface area contributed by atoms with E-state index in [1.54, 1.807) is 0 Å². The summed E-state index contributed by atoms with van der Waals surface area (Å²) >= 11 is 0. The Hall–Kier alpha value is -1.30. The predicted molar refractivity (Wildman–Crippen MR) is 53.9 cm³/mol. The van der Waals surface area contributed by atoms with Crippen molar-refractivity contribution >= 4 is 11.9 Å². The molecular weight excluding hydrogens is 268 g/mol. The monoisotopic (exact) mass is 282 g/mol. The van der Waals surface area contributed by atoms with Crippen LogP contribution in [0.25, 0.3) is 0 Å². The fourth-order valence-electron chi connectivity index (χ4n) is 1.51. The molecule has 1 aliphatic heterocycles. The van der Waals surface area contributed by atoms with Gasteiger partial charge in [0.1, 0.15) is 18.3 Å². The van der Waals surface area contributed by atoms with Gasteiger partial charge < -0.3 is 40.1 Å². The zero-order valence-corrected chi connectivity index (χ0v) is 9.49. The minimum atomic E-state index is -1.90. The summed E-state index contributed by atoms with van der Waals surface area (Å²) in [5.74, 6) is -3.19. The molecule has 1 saturated heterocycles. The molecule has 0 amide bonds. The maximum atomic E-state index is 10.8. The van der Waals surface area contributed by atoms with Gasteiger partial charge in [0.15, 0.2) is 18.5 Å². The van der Waals surface area contributed by atoms with Crippen LogP contribution in [0.2, 0.25) is 0 Å². The van der Waals surface area contributed by atoms with Crippen molar-refractivity contribution in [1.82, 2.24) is 0 Å². The molecule has 1 heterocycles. The maximum absolute atomic E-state index is 10.8. The van der Waals surface area contributed by atoms with Crippen LogP contribution >= 0.6 is 0 Å². The number of carbonyl (C=O) groups is 2. The van der Waals surface area contributed by atoms with Gasteiger partial charge in [-0.15, -0.1) is 0 Å². The minimum absolute atomic E-state index is 0.946. The molecule has 0 spiro atoms. The molecule has 10 nitrogen and oxygen atoms in total. The summed E-state index contributed by atoms with van der Waals surface area (Å²) in [6.45, 7) is -0.946. The van der Waals surface area contributed by atoms with Gasteiger partial charge in [0.05, 0.1) is 6.61 Å². The molecule has 1 rings (SSSR count). The van der Waals surface area contributed by atoms with Crippen molar-refractivity contribution in [3.05, 3.63) is 0 Å². The Labute approximate surface area is 106 Å². The standard InChI is InChI=1S/C9H14O10/c10-1-2(7(14)15)18-9-5(13)3(11)4(12)6(19-9)8(16)17/h2-6,9-13H,1H2,(H,14,15)(H,16,17)/t2?,3-,4-,5?,6?,9+/m0/s1. The SMILES string of the molecule is O=C(O)C(CO)O[C@@H]1OC(C(=O)O)[C@@H](O)[C@H](O)C1O. The van der Waals surface area contributed by atoms with Gasteiger partial charge in [0.25, 0.3) is 0 Å². The Morgan fingerprint density at radius 2 is 1.68 bits per heavy atom. The van der Waals surface area contributed by atoms with Gasteiger partial charge in [-0.3, -0.25) is 0 Å². The van der Waals surface area contributed by atoms with E-state index in [1.165, 1.54) is 0 Å². The highest BCUT2D eigenvalue weighted by atomic mass is 16.7. The molecular formula is C9H14O10. The Kier molecular flexibility index (Phi) is 5.17. The van der Waals surface area contributed by atoms with E-state index in [1.807, 2.05) is 0 Å². The van der Waals surface area contributed by atoms with Crippen LogP contribution < -0.4 is 0 Å². The summed E-state index contributed by atoms with van der Waals surface area (Å²) in [5, 5.41) is 54.4. The largest absolute Gasteiger partial charge is 0.479 e. The van der Waals surface area contributed by atoms with E-state index in [-0.39, 0.29) is 0 Å². The number of carboxylic acid groups (broad SMARTS) is 2. The van der Waals surface area contributed by atoms with E-state index in [0.717, 1.165) is 0 Å². The van der Waals surface area contributed by atoms with Gasteiger partial charge in [-0.2, -0.15) is 0 Å². The Morgan fingerprint density at radius 3 is 2.11 bits per heavy atom. The molecule has 1 aliphatic rings. The second-order valence-corrected chi connectivity index (χ2v) is 3.88. The molecule has 0 aromatic carbocycles. The quantitative estimate of drug-likeness (QED) is 0.295. The van der Waals surface area contributed by atoms with Crippen molar-refractivity contribution in [2.45, 2.75) is 36.8 Å². The van der Waals surface area contributed by atoms with Crippen molar-refractivity contribution in [2.24, 2.45) is 0 Å². The predicted octanol–water partition coefficient (Wildman–Crippen LogP) is -3.66. The van der Waals surface area contributed by atoms with E-state index in [4.69, 9.17) is 15.3 Å². The first-order valence-electron chi connectivity index (χ1n) is 5.21. The molecule has 1 fully saturated rings. The molecule has 0 bridgehead atoms. The molecule has 0 aliphatic carbocycles. The summed E-state index contributed by atoms with van der Waals surface area (Å²) < 4.78 is 9.33. The van der Waals surface area contributed by atoms with Crippen LogP contribution in [0.15, 0.2) is 0 Å². The van der Waals surface area contributed by atoms with Crippen LogP contribution in [0.3, 0.4) is 0 Å². The summed E-state index contributed by atoms with van der Waals surface area (Å²) in [4.78, 5) is 21.4. The number of carboxylic acids is 2. The van der Waals surface area contributed by atoms with E-state index in [0.29, 0.717) is 0 Å². The van der Waals surface area contributed by atoms with Crippen molar-refractivity contribution in [1.29, 1.82) is 0 Å². The Bertz CT molecular complexity index is 342. The Balaban J connectivity index is 2.82. The topological polar surface area (TPSA) is 174 Å². The lowest BCUT2D eigenvalue weighted by Crippen LogP contribution is -2.61. The van der Waals surface area contributed by atoms with Crippen LogP contribution in [0.1, 0.15) is 0 Å². The molecule has 0 aromatic rings. The average molecular weight is 282 g/mol. The van der Waals surface area contributed by atoms with Crippen molar-refractivity contribution < 1.29 is 49.7 Å². The van der Waals surface area contributed by atoms with Gasteiger partial charge in [0, 0.05) is 0 Å². The number of aliphatic hydroxyl groups is 4. The van der Waals surface area contributed by atoms with Crippen LogP contribution in [-0.4, -0.2) is 86.0 Å². The van der Waals surface area contributed by atoms with Crippen LogP contribution in [0.5, 0.6) is 0 Å². The number of ether oxygens (including phenoxy) is 2. The number of rotatable bonds is 5. The highest BCUT2D eigenvalue weighted by Gasteiger charge is 2.48. The molecule has 10 heteroatoms. The first-order valence-corrected chi connectivity index (χ1v) is 5.21. The van der Waals surface area contributed by atoms with Crippen molar-refractivity contribution in [3.63, 3.8) is 0 Å². The van der Waals surface area contributed by atoms with Crippen LogP contribution in [-0.2, 0) is 19.1 Å². The normalized spacial score (nSPS) is 36.7. The summed E-state index contributed by atoms with van der Waals surface area (Å²) in [6.07, 6.45) is -11.1. The van der Waals surface area contributed by atoms with Crippen molar-refractivity contribution in [3.8, 4) is 0 Å². The van der Waals surface area contributed by atoms with Gasteiger partial charge in [0.2, 0.25) is 0 Å². The molecule has 0 saturated carbocycles. The zero-order valence-electron chi connectivity index (χ0n) is 9.49. The highest BCUT2D eigenvalue weighted by Crippen LogP contribution is 2.23. The van der Waals surface area contributed by atoms with Crippen molar-refractivity contribution in [2.75, 3.05) is 6.61 Å².